The van der Waals surface area contributed by atoms with Crippen molar-refractivity contribution in [3.63, 3.8) is 0 Å². The second-order valence-electron chi connectivity index (χ2n) is 3.34. The lowest BCUT2D eigenvalue weighted by Crippen LogP contribution is -2.36. The molecule has 96 valence electrons. The van der Waals surface area contributed by atoms with Crippen LogP contribution in [0.5, 0.6) is 0 Å². The quantitative estimate of drug-likeness (QED) is 0.491. The van der Waals surface area contributed by atoms with E-state index < -0.39 is 29.4 Å². The number of nitro groups is 1. The van der Waals surface area contributed by atoms with Gasteiger partial charge in [-0.2, -0.15) is 0 Å². The minimum atomic E-state index is -1.75. The lowest BCUT2D eigenvalue weighted by Gasteiger charge is -2.07. The van der Waals surface area contributed by atoms with Crippen molar-refractivity contribution < 1.29 is 24.7 Å². The molecule has 8 nitrogen and oxygen atoms in total. The molecular weight excluding hydrogens is 244 g/mol. The molecule has 0 aliphatic rings. The van der Waals surface area contributed by atoms with Crippen LogP contribution >= 0.6 is 0 Å². The number of rotatable bonds is 5. The number of carbonyl (C=O) groups is 2. The van der Waals surface area contributed by atoms with Crippen LogP contribution in [0, 0.1) is 10.1 Å². The molecule has 0 aliphatic carbocycles. The summed E-state index contributed by atoms with van der Waals surface area (Å²) in [6, 6.07) is 5.24. The lowest BCUT2D eigenvalue weighted by atomic mass is 10.1. The Hall–Kier alpha value is -2.48. The van der Waals surface area contributed by atoms with Gasteiger partial charge >= 0.3 is 5.97 Å². The Balaban J connectivity index is 2.79. The average molecular weight is 254 g/mol. The van der Waals surface area contributed by atoms with Gasteiger partial charge in [0, 0.05) is 6.07 Å². The number of aliphatic hydroxyl groups is 1. The number of carboxylic acids is 1. The third-order valence-electron chi connectivity index (χ3n) is 2.09. The molecule has 8 heteroatoms. The van der Waals surface area contributed by atoms with Crippen LogP contribution in [0.1, 0.15) is 10.4 Å². The summed E-state index contributed by atoms with van der Waals surface area (Å²) >= 11 is 0. The molecule has 1 aromatic rings. The zero-order valence-corrected chi connectivity index (χ0v) is 9.07. The Morgan fingerprint density at radius 2 is 2.00 bits per heavy atom. The summed E-state index contributed by atoms with van der Waals surface area (Å²) in [6.45, 7) is -0.528. The number of carbonyl (C=O) groups excluding carboxylic acids is 1. The molecule has 0 saturated carbocycles. The summed E-state index contributed by atoms with van der Waals surface area (Å²) in [5.41, 5.74) is -0.583. The van der Waals surface area contributed by atoms with E-state index in [1.807, 2.05) is 0 Å². The van der Waals surface area contributed by atoms with Crippen molar-refractivity contribution >= 4 is 17.6 Å². The van der Waals surface area contributed by atoms with Crippen molar-refractivity contribution in [2.45, 2.75) is 6.10 Å². The Morgan fingerprint density at radius 3 is 2.56 bits per heavy atom. The number of para-hydroxylation sites is 1. The Labute approximate surface area is 101 Å². The maximum Gasteiger partial charge on any atom is 0.334 e. The van der Waals surface area contributed by atoms with Crippen LogP contribution in [0.4, 0.5) is 5.69 Å². The second-order valence-corrected chi connectivity index (χ2v) is 3.34. The minimum absolute atomic E-state index is 0.194. The van der Waals surface area contributed by atoms with Gasteiger partial charge in [-0.1, -0.05) is 12.1 Å². The zero-order valence-electron chi connectivity index (χ0n) is 9.07. The van der Waals surface area contributed by atoms with Gasteiger partial charge in [0.15, 0.2) is 6.10 Å². The highest BCUT2D eigenvalue weighted by atomic mass is 16.6. The molecule has 0 aromatic heterocycles. The maximum atomic E-state index is 11.6. The fourth-order valence-electron chi connectivity index (χ4n) is 1.20. The van der Waals surface area contributed by atoms with E-state index in [0.29, 0.717) is 0 Å². The first-order valence-corrected chi connectivity index (χ1v) is 4.86. The zero-order chi connectivity index (χ0) is 13.7. The van der Waals surface area contributed by atoms with Crippen LogP contribution in [0.25, 0.3) is 0 Å². The average Bonchev–Trinajstić information content (AvgIpc) is 2.35. The van der Waals surface area contributed by atoms with Gasteiger partial charge in [-0.05, 0) is 6.07 Å². The molecule has 0 bridgehead atoms. The Kier molecular flexibility index (Phi) is 4.33. The van der Waals surface area contributed by atoms with Gasteiger partial charge in [0.05, 0.1) is 11.5 Å². The largest absolute Gasteiger partial charge is 0.479 e. The first kappa shape index (κ1) is 13.6. The van der Waals surface area contributed by atoms with Gasteiger partial charge in [-0.3, -0.25) is 14.9 Å². The molecule has 0 saturated heterocycles. The van der Waals surface area contributed by atoms with Gasteiger partial charge in [-0.15, -0.1) is 0 Å². The van der Waals surface area contributed by atoms with Crippen LogP contribution in [-0.2, 0) is 4.79 Å². The smallest absolute Gasteiger partial charge is 0.334 e. The SMILES string of the molecule is O=C(NCC(O)C(=O)O)c1ccccc1[N+](=O)[O-]. The van der Waals surface area contributed by atoms with Gasteiger partial charge in [0.2, 0.25) is 0 Å². The monoisotopic (exact) mass is 254 g/mol. The molecule has 1 rings (SSSR count). The molecule has 18 heavy (non-hydrogen) atoms. The topological polar surface area (TPSA) is 130 Å². The number of nitro benzene ring substituents is 1. The van der Waals surface area contributed by atoms with E-state index in [1.54, 1.807) is 0 Å². The van der Waals surface area contributed by atoms with Crippen molar-refractivity contribution in [2.24, 2.45) is 0 Å². The molecule has 0 radical (unpaired) electrons. The highest BCUT2D eigenvalue weighted by molar-refractivity contribution is 5.98. The van der Waals surface area contributed by atoms with E-state index >= 15 is 0 Å². The number of hydrogen-bond acceptors (Lipinski definition) is 5. The van der Waals surface area contributed by atoms with Gasteiger partial charge in [0.25, 0.3) is 11.6 Å². The van der Waals surface area contributed by atoms with E-state index in [0.717, 1.165) is 6.07 Å². The Bertz CT molecular complexity index is 487. The number of aliphatic hydroxyl groups excluding tert-OH is 1. The van der Waals surface area contributed by atoms with Crippen molar-refractivity contribution in [3.8, 4) is 0 Å². The molecule has 1 atom stereocenters. The highest BCUT2D eigenvalue weighted by Gasteiger charge is 2.20. The van der Waals surface area contributed by atoms with E-state index in [-0.39, 0.29) is 11.3 Å². The number of nitrogens with one attached hydrogen (secondary N) is 1. The molecule has 0 spiro atoms. The molecule has 0 fully saturated rings. The number of amides is 1. The van der Waals surface area contributed by atoms with E-state index in [2.05, 4.69) is 5.32 Å². The molecule has 1 unspecified atom stereocenters. The van der Waals surface area contributed by atoms with Crippen LogP contribution < -0.4 is 5.32 Å². The predicted molar refractivity (Wildman–Crippen MR) is 59.1 cm³/mol. The fraction of sp³-hybridized carbons (Fsp3) is 0.200. The summed E-state index contributed by atoms with van der Waals surface area (Å²) in [5.74, 6) is -2.31. The number of hydrogen-bond donors (Lipinski definition) is 3. The van der Waals surface area contributed by atoms with Gasteiger partial charge in [0.1, 0.15) is 5.56 Å². The third kappa shape index (κ3) is 3.25. The molecule has 1 amide bonds. The summed E-state index contributed by atoms with van der Waals surface area (Å²) < 4.78 is 0. The molecule has 0 aliphatic heterocycles. The van der Waals surface area contributed by atoms with Crippen molar-refractivity contribution in [1.82, 2.24) is 5.32 Å². The van der Waals surface area contributed by atoms with Crippen molar-refractivity contribution in [3.05, 3.63) is 39.9 Å². The summed E-state index contributed by atoms with van der Waals surface area (Å²) in [6.07, 6.45) is -1.75. The first-order valence-electron chi connectivity index (χ1n) is 4.86. The standard InChI is InChI=1S/C10H10N2O6/c13-8(10(15)16)5-11-9(14)6-3-1-2-4-7(6)12(17)18/h1-4,8,13H,5H2,(H,11,14)(H,15,16). The summed E-state index contributed by atoms with van der Waals surface area (Å²) in [7, 11) is 0. The molecular formula is C10H10N2O6. The van der Waals surface area contributed by atoms with Crippen LogP contribution in [0.2, 0.25) is 0 Å². The first-order chi connectivity index (χ1) is 8.43. The predicted octanol–water partition coefficient (Wildman–Crippen LogP) is -0.230. The molecule has 1 aromatic carbocycles. The van der Waals surface area contributed by atoms with E-state index in [1.165, 1.54) is 18.2 Å². The van der Waals surface area contributed by atoms with Crippen molar-refractivity contribution in [2.75, 3.05) is 6.54 Å². The minimum Gasteiger partial charge on any atom is -0.479 e. The van der Waals surface area contributed by atoms with Crippen LogP contribution in [-0.4, -0.2) is 39.7 Å². The molecule has 3 N–H and O–H groups in total. The van der Waals surface area contributed by atoms with Crippen LogP contribution in [0.3, 0.4) is 0 Å². The van der Waals surface area contributed by atoms with Crippen molar-refractivity contribution in [1.29, 1.82) is 0 Å². The number of benzene rings is 1. The fourth-order valence-corrected chi connectivity index (χ4v) is 1.20. The lowest BCUT2D eigenvalue weighted by molar-refractivity contribution is -0.385. The Morgan fingerprint density at radius 1 is 1.39 bits per heavy atom. The highest BCUT2D eigenvalue weighted by Crippen LogP contribution is 2.17. The number of carboxylic acid groups (broad SMARTS) is 1. The van der Waals surface area contributed by atoms with E-state index in [9.17, 15) is 19.7 Å². The van der Waals surface area contributed by atoms with Crippen LogP contribution in [0.15, 0.2) is 24.3 Å². The van der Waals surface area contributed by atoms with E-state index in [4.69, 9.17) is 10.2 Å². The number of nitrogens with zero attached hydrogens (tertiary/aromatic N) is 1. The van der Waals surface area contributed by atoms with Gasteiger partial charge < -0.3 is 15.5 Å². The molecule has 0 heterocycles. The van der Waals surface area contributed by atoms with Gasteiger partial charge in [-0.25, -0.2) is 4.79 Å². The second kappa shape index (κ2) is 5.73. The number of aliphatic carboxylic acids is 1. The third-order valence-corrected chi connectivity index (χ3v) is 2.09. The normalized spacial score (nSPS) is 11.6. The summed E-state index contributed by atoms with van der Waals surface area (Å²) in [5, 5.41) is 30.1. The summed E-state index contributed by atoms with van der Waals surface area (Å²) in [4.78, 5) is 31.8. The maximum absolute atomic E-state index is 11.6.